The Balaban J connectivity index is 1.80. The van der Waals surface area contributed by atoms with Gasteiger partial charge in [0.25, 0.3) is 0 Å². The molecule has 0 spiro atoms. The van der Waals surface area contributed by atoms with Crippen LogP contribution in [0.1, 0.15) is 17.8 Å². The number of nitrogens with one attached hydrogen (secondary N) is 1. The maximum Gasteiger partial charge on any atom is 0.224 e. The molecule has 1 saturated heterocycles. The zero-order chi connectivity index (χ0) is 14.0. The third-order valence-electron chi connectivity index (χ3n) is 3.60. The maximum absolute atomic E-state index is 11.8. The summed E-state index contributed by atoms with van der Waals surface area (Å²) in [6, 6.07) is 0. The fourth-order valence-corrected chi connectivity index (χ4v) is 3.96. The van der Waals surface area contributed by atoms with E-state index in [2.05, 4.69) is 10.3 Å². The molecule has 1 aromatic rings. The summed E-state index contributed by atoms with van der Waals surface area (Å²) in [5, 5.41) is 2.80. The third kappa shape index (κ3) is 3.34. The van der Waals surface area contributed by atoms with Crippen LogP contribution in [0.25, 0.3) is 0 Å². The van der Waals surface area contributed by atoms with E-state index in [0.717, 1.165) is 11.4 Å². The highest BCUT2D eigenvalue weighted by Gasteiger charge is 2.32. The Morgan fingerprint density at radius 3 is 2.79 bits per heavy atom. The van der Waals surface area contributed by atoms with Crippen LogP contribution in [0.2, 0.25) is 0 Å². The van der Waals surface area contributed by atoms with Crippen LogP contribution in [0, 0.1) is 19.8 Å². The lowest BCUT2D eigenvalue weighted by Gasteiger charge is -2.10. The number of hydrogen-bond donors (Lipinski definition) is 1. The van der Waals surface area contributed by atoms with Crippen LogP contribution in [-0.4, -0.2) is 41.9 Å². The number of carbonyl (C=O) groups excluding carboxylic acids is 1. The molecule has 7 heteroatoms. The van der Waals surface area contributed by atoms with Crippen LogP contribution < -0.4 is 5.32 Å². The molecular formula is C12H19N3O3S. The Morgan fingerprint density at radius 2 is 2.26 bits per heavy atom. The number of hydrogen-bond acceptors (Lipinski definition) is 4. The van der Waals surface area contributed by atoms with Crippen molar-refractivity contribution in [2.24, 2.45) is 5.92 Å². The first-order valence-corrected chi connectivity index (χ1v) is 8.17. The van der Waals surface area contributed by atoms with Crippen molar-refractivity contribution in [2.75, 3.05) is 18.1 Å². The molecule has 1 aliphatic rings. The lowest BCUT2D eigenvalue weighted by Crippen LogP contribution is -2.33. The number of nitrogens with zero attached hydrogens (tertiary/aromatic N) is 2. The van der Waals surface area contributed by atoms with Crippen molar-refractivity contribution in [3.05, 3.63) is 17.7 Å². The summed E-state index contributed by atoms with van der Waals surface area (Å²) in [6.07, 6.45) is 2.19. The molecule has 1 aromatic heterocycles. The monoisotopic (exact) mass is 285 g/mol. The molecule has 0 saturated carbocycles. The molecule has 1 fully saturated rings. The van der Waals surface area contributed by atoms with E-state index in [-0.39, 0.29) is 23.3 Å². The molecule has 1 N–H and O–H groups in total. The van der Waals surface area contributed by atoms with Crippen molar-refractivity contribution in [3.8, 4) is 0 Å². The number of amides is 1. The molecule has 0 aromatic carbocycles. The molecule has 106 valence electrons. The van der Waals surface area contributed by atoms with Gasteiger partial charge in [0.15, 0.2) is 9.84 Å². The third-order valence-corrected chi connectivity index (χ3v) is 5.37. The molecule has 1 aliphatic heterocycles. The summed E-state index contributed by atoms with van der Waals surface area (Å²) in [6.45, 7) is 5.06. The lowest BCUT2D eigenvalue weighted by molar-refractivity contribution is -0.124. The average molecular weight is 285 g/mol. The standard InChI is InChI=1S/C12H19N3O3S/c1-9-10(2)15(8-14-9)5-4-13-12(16)11-3-6-19(17,18)7-11/h8,11H,3-7H2,1-2H3,(H,13,16)/t11-/m0/s1. The van der Waals surface area contributed by atoms with Crippen LogP contribution in [0.15, 0.2) is 6.33 Å². The van der Waals surface area contributed by atoms with Crippen molar-refractivity contribution in [1.29, 1.82) is 0 Å². The van der Waals surface area contributed by atoms with Gasteiger partial charge in [-0.05, 0) is 20.3 Å². The smallest absolute Gasteiger partial charge is 0.224 e. The zero-order valence-corrected chi connectivity index (χ0v) is 12.0. The first kappa shape index (κ1) is 14.0. The predicted molar refractivity (Wildman–Crippen MR) is 71.5 cm³/mol. The van der Waals surface area contributed by atoms with Crippen LogP contribution in [0.4, 0.5) is 0 Å². The molecule has 2 heterocycles. The van der Waals surface area contributed by atoms with Crippen LogP contribution in [0.5, 0.6) is 0 Å². The minimum atomic E-state index is -3.00. The molecule has 0 aliphatic carbocycles. The SMILES string of the molecule is Cc1ncn(CCNC(=O)[C@H]2CCS(=O)(=O)C2)c1C. The second-order valence-corrected chi connectivity index (χ2v) is 7.23. The summed E-state index contributed by atoms with van der Waals surface area (Å²) in [4.78, 5) is 16.0. The quantitative estimate of drug-likeness (QED) is 0.847. The van der Waals surface area contributed by atoms with Gasteiger partial charge in [-0.3, -0.25) is 4.79 Å². The number of carbonyl (C=O) groups is 1. The average Bonchev–Trinajstić information content (AvgIpc) is 2.85. The highest BCUT2D eigenvalue weighted by molar-refractivity contribution is 7.91. The van der Waals surface area contributed by atoms with E-state index in [0.29, 0.717) is 19.5 Å². The van der Waals surface area contributed by atoms with Gasteiger partial charge in [-0.2, -0.15) is 0 Å². The highest BCUT2D eigenvalue weighted by Crippen LogP contribution is 2.18. The fraction of sp³-hybridized carbons (Fsp3) is 0.667. The number of rotatable bonds is 4. The van der Waals surface area contributed by atoms with Crippen molar-refractivity contribution >= 4 is 15.7 Å². The van der Waals surface area contributed by atoms with Crippen LogP contribution in [-0.2, 0) is 21.2 Å². The molecule has 1 amide bonds. The predicted octanol–water partition coefficient (Wildman–Crippen LogP) is 0.0508. The van der Waals surface area contributed by atoms with Gasteiger partial charge in [0.1, 0.15) is 0 Å². The Morgan fingerprint density at radius 1 is 1.53 bits per heavy atom. The number of aryl methyl sites for hydroxylation is 1. The van der Waals surface area contributed by atoms with E-state index in [9.17, 15) is 13.2 Å². The molecule has 0 bridgehead atoms. The lowest BCUT2D eigenvalue weighted by atomic mass is 10.1. The van der Waals surface area contributed by atoms with Gasteiger partial charge in [0.05, 0.1) is 29.4 Å². The summed E-state index contributed by atoms with van der Waals surface area (Å²) in [7, 11) is -3.00. The molecule has 2 rings (SSSR count). The van der Waals surface area contributed by atoms with Crippen molar-refractivity contribution in [1.82, 2.24) is 14.9 Å². The Hall–Kier alpha value is -1.37. The first-order valence-electron chi connectivity index (χ1n) is 6.35. The largest absolute Gasteiger partial charge is 0.354 e. The summed E-state index contributed by atoms with van der Waals surface area (Å²) < 4.78 is 24.6. The Labute approximate surface area is 113 Å². The number of imidazole rings is 1. The Kier molecular flexibility index (Phi) is 3.93. The summed E-state index contributed by atoms with van der Waals surface area (Å²) in [5.41, 5.74) is 2.06. The fourth-order valence-electron chi connectivity index (χ4n) is 2.22. The van der Waals surface area contributed by atoms with Gasteiger partial charge in [0.2, 0.25) is 5.91 Å². The molecule has 1 atom stereocenters. The number of aromatic nitrogens is 2. The maximum atomic E-state index is 11.8. The molecule has 0 radical (unpaired) electrons. The van der Waals surface area contributed by atoms with E-state index in [1.807, 2.05) is 18.4 Å². The molecule has 6 nitrogen and oxygen atoms in total. The summed E-state index contributed by atoms with van der Waals surface area (Å²) >= 11 is 0. The van der Waals surface area contributed by atoms with Gasteiger partial charge in [0, 0.05) is 18.8 Å². The van der Waals surface area contributed by atoms with Gasteiger partial charge in [-0.15, -0.1) is 0 Å². The van der Waals surface area contributed by atoms with E-state index in [4.69, 9.17) is 0 Å². The van der Waals surface area contributed by atoms with E-state index >= 15 is 0 Å². The van der Waals surface area contributed by atoms with Crippen molar-refractivity contribution in [3.63, 3.8) is 0 Å². The van der Waals surface area contributed by atoms with Crippen LogP contribution >= 0.6 is 0 Å². The normalized spacial score (nSPS) is 21.5. The van der Waals surface area contributed by atoms with Gasteiger partial charge in [-0.1, -0.05) is 0 Å². The molecule has 0 unspecified atom stereocenters. The Bertz CT molecular complexity index is 577. The minimum absolute atomic E-state index is 0.0119. The second-order valence-electron chi connectivity index (χ2n) is 5.00. The van der Waals surface area contributed by atoms with Gasteiger partial charge in [-0.25, -0.2) is 13.4 Å². The van der Waals surface area contributed by atoms with Gasteiger partial charge >= 0.3 is 0 Å². The highest BCUT2D eigenvalue weighted by atomic mass is 32.2. The zero-order valence-electron chi connectivity index (χ0n) is 11.2. The number of sulfone groups is 1. The second kappa shape index (κ2) is 5.32. The van der Waals surface area contributed by atoms with Gasteiger partial charge < -0.3 is 9.88 Å². The van der Waals surface area contributed by atoms with Crippen molar-refractivity contribution < 1.29 is 13.2 Å². The first-order chi connectivity index (χ1) is 8.89. The molecule has 19 heavy (non-hydrogen) atoms. The van der Waals surface area contributed by atoms with E-state index in [1.165, 1.54) is 0 Å². The van der Waals surface area contributed by atoms with E-state index in [1.54, 1.807) is 6.33 Å². The van der Waals surface area contributed by atoms with Crippen molar-refractivity contribution in [2.45, 2.75) is 26.8 Å². The van der Waals surface area contributed by atoms with Crippen LogP contribution in [0.3, 0.4) is 0 Å². The topological polar surface area (TPSA) is 81.1 Å². The molecular weight excluding hydrogens is 266 g/mol. The minimum Gasteiger partial charge on any atom is -0.354 e. The summed E-state index contributed by atoms with van der Waals surface area (Å²) in [5.74, 6) is -0.418. The van der Waals surface area contributed by atoms with E-state index < -0.39 is 9.84 Å².